The van der Waals surface area contributed by atoms with E-state index in [-0.39, 0.29) is 12.1 Å². The van der Waals surface area contributed by atoms with Crippen LogP contribution < -0.4 is 5.32 Å². The Kier molecular flexibility index (Phi) is 2.51. The molecular formula is C9H14N2OS. The molecule has 0 radical (unpaired) electrons. The summed E-state index contributed by atoms with van der Waals surface area (Å²) >= 11 is 1.59. The van der Waals surface area contributed by atoms with Gasteiger partial charge in [-0.15, -0.1) is 11.3 Å². The van der Waals surface area contributed by atoms with E-state index in [1.807, 2.05) is 5.38 Å². The van der Waals surface area contributed by atoms with Crippen LogP contribution in [0.2, 0.25) is 0 Å². The minimum absolute atomic E-state index is 0.0855. The van der Waals surface area contributed by atoms with Gasteiger partial charge in [-0.25, -0.2) is 4.98 Å². The number of rotatable bonds is 3. The molecular weight excluding hydrogens is 184 g/mol. The monoisotopic (exact) mass is 198 g/mol. The zero-order chi connectivity index (χ0) is 9.15. The molecule has 3 nitrogen and oxygen atoms in total. The van der Waals surface area contributed by atoms with Crippen molar-refractivity contribution < 1.29 is 5.11 Å². The first-order valence-corrected chi connectivity index (χ1v) is 5.51. The van der Waals surface area contributed by atoms with Gasteiger partial charge in [0.1, 0.15) is 0 Å². The number of anilines is 1. The number of hydrogen-bond acceptors (Lipinski definition) is 4. The predicted octanol–water partition coefficient (Wildman–Crippen LogP) is 1.86. The standard InChI is InChI=1S/C9H14N2OS/c12-7-9(3-1-2-4-9)11-8-10-5-6-13-8/h5-6,12H,1-4,7H2,(H,10,11). The zero-order valence-electron chi connectivity index (χ0n) is 7.49. The van der Waals surface area contributed by atoms with Crippen molar-refractivity contribution in [3.8, 4) is 0 Å². The summed E-state index contributed by atoms with van der Waals surface area (Å²) in [5, 5.41) is 15.5. The third kappa shape index (κ3) is 1.84. The summed E-state index contributed by atoms with van der Waals surface area (Å²) in [6.07, 6.45) is 6.32. The van der Waals surface area contributed by atoms with Gasteiger partial charge < -0.3 is 10.4 Å². The summed E-state index contributed by atoms with van der Waals surface area (Å²) in [6.45, 7) is 0.215. The third-order valence-electron chi connectivity index (χ3n) is 2.67. The van der Waals surface area contributed by atoms with Gasteiger partial charge in [0.15, 0.2) is 5.13 Å². The molecule has 0 aromatic carbocycles. The summed E-state index contributed by atoms with van der Waals surface area (Å²) in [5.41, 5.74) is -0.0855. The van der Waals surface area contributed by atoms with E-state index in [1.54, 1.807) is 17.5 Å². The molecule has 0 amide bonds. The Bertz CT molecular complexity index is 255. The van der Waals surface area contributed by atoms with Crippen molar-refractivity contribution >= 4 is 16.5 Å². The minimum Gasteiger partial charge on any atom is -0.394 e. The molecule has 1 heterocycles. The van der Waals surface area contributed by atoms with E-state index in [0.717, 1.165) is 18.0 Å². The van der Waals surface area contributed by atoms with Gasteiger partial charge in [-0.1, -0.05) is 12.8 Å². The Balaban J connectivity index is 2.06. The Hall–Kier alpha value is -0.610. The number of aliphatic hydroxyl groups excluding tert-OH is 1. The lowest BCUT2D eigenvalue weighted by Crippen LogP contribution is -2.38. The Morgan fingerprint density at radius 3 is 2.85 bits per heavy atom. The fourth-order valence-electron chi connectivity index (χ4n) is 1.89. The van der Waals surface area contributed by atoms with E-state index >= 15 is 0 Å². The second kappa shape index (κ2) is 3.64. The van der Waals surface area contributed by atoms with Crippen LogP contribution in [0.5, 0.6) is 0 Å². The summed E-state index contributed by atoms with van der Waals surface area (Å²) in [4.78, 5) is 4.17. The van der Waals surface area contributed by atoms with Crippen molar-refractivity contribution in [1.29, 1.82) is 0 Å². The van der Waals surface area contributed by atoms with Gasteiger partial charge in [0.05, 0.1) is 12.1 Å². The molecule has 0 atom stereocenters. The van der Waals surface area contributed by atoms with Crippen LogP contribution in [0.4, 0.5) is 5.13 Å². The molecule has 0 saturated heterocycles. The predicted molar refractivity (Wildman–Crippen MR) is 54.0 cm³/mol. The number of hydrogen-bond donors (Lipinski definition) is 2. The summed E-state index contributed by atoms with van der Waals surface area (Å²) < 4.78 is 0. The molecule has 0 aliphatic heterocycles. The average Bonchev–Trinajstić information content (AvgIpc) is 2.77. The van der Waals surface area contributed by atoms with Crippen LogP contribution in [0, 0.1) is 0 Å². The molecule has 0 bridgehead atoms. The van der Waals surface area contributed by atoms with Crippen LogP contribution in [0.3, 0.4) is 0 Å². The highest BCUT2D eigenvalue weighted by Crippen LogP contribution is 2.33. The minimum atomic E-state index is -0.0855. The first kappa shape index (κ1) is 8.97. The third-order valence-corrected chi connectivity index (χ3v) is 3.36. The summed E-state index contributed by atoms with van der Waals surface area (Å²) in [6, 6.07) is 0. The van der Waals surface area contributed by atoms with Crippen LogP contribution in [0.1, 0.15) is 25.7 Å². The Labute approximate surface area is 81.8 Å². The number of aliphatic hydroxyl groups is 1. The highest BCUT2D eigenvalue weighted by Gasteiger charge is 2.33. The topological polar surface area (TPSA) is 45.1 Å². The second-order valence-corrected chi connectivity index (χ2v) is 4.50. The van der Waals surface area contributed by atoms with Crippen LogP contribution in [-0.2, 0) is 0 Å². The van der Waals surface area contributed by atoms with Crippen LogP contribution >= 0.6 is 11.3 Å². The van der Waals surface area contributed by atoms with Crippen LogP contribution in [0.25, 0.3) is 0 Å². The smallest absolute Gasteiger partial charge is 0.183 e. The maximum Gasteiger partial charge on any atom is 0.183 e. The average molecular weight is 198 g/mol. The molecule has 1 aliphatic rings. The van der Waals surface area contributed by atoms with Crippen molar-refractivity contribution in [1.82, 2.24) is 4.98 Å². The molecule has 0 unspecified atom stereocenters. The lowest BCUT2D eigenvalue weighted by molar-refractivity contribution is 0.214. The SMILES string of the molecule is OCC1(Nc2nccs2)CCCC1. The maximum absolute atomic E-state index is 9.33. The molecule has 4 heteroatoms. The van der Waals surface area contributed by atoms with Crippen molar-refractivity contribution in [2.45, 2.75) is 31.2 Å². The zero-order valence-corrected chi connectivity index (χ0v) is 8.31. The van der Waals surface area contributed by atoms with E-state index in [2.05, 4.69) is 10.3 Å². The molecule has 0 spiro atoms. The fourth-order valence-corrected chi connectivity index (χ4v) is 2.53. The maximum atomic E-state index is 9.33. The van der Waals surface area contributed by atoms with Crippen molar-refractivity contribution in [2.24, 2.45) is 0 Å². The first-order chi connectivity index (χ1) is 6.35. The lowest BCUT2D eigenvalue weighted by atomic mass is 10.00. The largest absolute Gasteiger partial charge is 0.394 e. The summed E-state index contributed by atoms with van der Waals surface area (Å²) in [7, 11) is 0. The molecule has 13 heavy (non-hydrogen) atoms. The van der Waals surface area contributed by atoms with Gasteiger partial charge in [-0.05, 0) is 12.8 Å². The van der Waals surface area contributed by atoms with E-state index in [1.165, 1.54) is 12.8 Å². The molecule has 1 fully saturated rings. The van der Waals surface area contributed by atoms with Gasteiger partial charge in [-0.3, -0.25) is 0 Å². The van der Waals surface area contributed by atoms with Gasteiger partial charge >= 0.3 is 0 Å². The quantitative estimate of drug-likeness (QED) is 0.779. The van der Waals surface area contributed by atoms with Crippen molar-refractivity contribution in [3.05, 3.63) is 11.6 Å². The number of thiazole rings is 1. The molecule has 1 saturated carbocycles. The molecule has 1 aromatic rings. The van der Waals surface area contributed by atoms with Crippen molar-refractivity contribution in [3.63, 3.8) is 0 Å². The second-order valence-electron chi connectivity index (χ2n) is 3.61. The fraction of sp³-hybridized carbons (Fsp3) is 0.667. The number of aromatic nitrogens is 1. The molecule has 2 N–H and O–H groups in total. The van der Waals surface area contributed by atoms with E-state index in [0.29, 0.717) is 0 Å². The van der Waals surface area contributed by atoms with Gasteiger partial charge in [0.25, 0.3) is 0 Å². The number of nitrogens with zero attached hydrogens (tertiary/aromatic N) is 1. The van der Waals surface area contributed by atoms with Crippen LogP contribution in [-0.4, -0.2) is 22.2 Å². The molecule has 72 valence electrons. The Morgan fingerprint density at radius 1 is 1.54 bits per heavy atom. The first-order valence-electron chi connectivity index (χ1n) is 4.63. The highest BCUT2D eigenvalue weighted by molar-refractivity contribution is 7.13. The van der Waals surface area contributed by atoms with Gasteiger partial charge in [0.2, 0.25) is 0 Å². The van der Waals surface area contributed by atoms with E-state index in [4.69, 9.17) is 0 Å². The Morgan fingerprint density at radius 2 is 2.31 bits per heavy atom. The molecule has 2 rings (SSSR count). The van der Waals surface area contributed by atoms with Gasteiger partial charge in [0, 0.05) is 11.6 Å². The van der Waals surface area contributed by atoms with E-state index < -0.39 is 0 Å². The number of nitrogens with one attached hydrogen (secondary N) is 1. The van der Waals surface area contributed by atoms with Gasteiger partial charge in [-0.2, -0.15) is 0 Å². The van der Waals surface area contributed by atoms with Crippen LogP contribution in [0.15, 0.2) is 11.6 Å². The molecule has 1 aliphatic carbocycles. The van der Waals surface area contributed by atoms with Crippen molar-refractivity contribution in [2.75, 3.05) is 11.9 Å². The normalized spacial score (nSPS) is 20.4. The summed E-state index contributed by atoms with van der Waals surface area (Å²) in [5.74, 6) is 0. The van der Waals surface area contributed by atoms with E-state index in [9.17, 15) is 5.11 Å². The molecule has 1 aromatic heterocycles. The highest BCUT2D eigenvalue weighted by atomic mass is 32.1. The lowest BCUT2D eigenvalue weighted by Gasteiger charge is -2.27.